The van der Waals surface area contributed by atoms with Gasteiger partial charge < -0.3 is 20.3 Å². The maximum atomic E-state index is 12.7. The van der Waals surface area contributed by atoms with Crippen LogP contribution in [0.2, 0.25) is 0 Å². The van der Waals surface area contributed by atoms with Crippen molar-refractivity contribution in [3.8, 4) is 0 Å². The van der Waals surface area contributed by atoms with E-state index < -0.39 is 0 Å². The second-order valence-corrected chi connectivity index (χ2v) is 8.98. The van der Waals surface area contributed by atoms with Crippen LogP contribution in [0.4, 0.5) is 10.5 Å². The Morgan fingerprint density at radius 1 is 1.17 bits per heavy atom. The van der Waals surface area contributed by atoms with Crippen molar-refractivity contribution in [2.75, 3.05) is 25.0 Å². The monoisotopic (exact) mass is 399 g/mol. The molecular weight excluding hydrogens is 366 g/mol. The van der Waals surface area contributed by atoms with E-state index in [1.54, 1.807) is 0 Å². The third-order valence-corrected chi connectivity index (χ3v) is 6.86. The second kappa shape index (κ2) is 8.34. The van der Waals surface area contributed by atoms with Gasteiger partial charge in [0.1, 0.15) is 6.10 Å². The Hall–Kier alpha value is -2.08. The van der Waals surface area contributed by atoms with Crippen molar-refractivity contribution in [3.05, 3.63) is 29.8 Å². The number of rotatable bonds is 5. The number of anilines is 1. The Labute approximate surface area is 173 Å². The maximum absolute atomic E-state index is 12.7. The van der Waals surface area contributed by atoms with E-state index in [4.69, 9.17) is 4.74 Å². The molecule has 1 spiro atoms. The molecule has 2 N–H and O–H groups in total. The van der Waals surface area contributed by atoms with E-state index in [2.05, 4.69) is 24.5 Å². The molecule has 2 aliphatic heterocycles. The molecule has 0 radical (unpaired) electrons. The number of amides is 3. The van der Waals surface area contributed by atoms with Crippen LogP contribution in [0, 0.1) is 11.8 Å². The number of hydrogen-bond acceptors (Lipinski definition) is 3. The molecule has 3 amide bonds. The zero-order valence-corrected chi connectivity index (χ0v) is 17.6. The lowest BCUT2D eigenvalue weighted by Gasteiger charge is -2.44. The molecule has 2 heterocycles. The quantitative estimate of drug-likeness (QED) is 0.795. The van der Waals surface area contributed by atoms with Crippen molar-refractivity contribution in [1.29, 1.82) is 0 Å². The first-order valence-corrected chi connectivity index (χ1v) is 11.1. The van der Waals surface area contributed by atoms with E-state index in [1.165, 1.54) is 18.4 Å². The fourth-order valence-electron chi connectivity index (χ4n) is 4.56. The standard InChI is InChI=1S/C23H33N3O3/c1-3-17-6-8-19(9-7-17)25-22(28)26-13-12-23(16(2)15-26)11-10-20(29-23)21(27)24-14-18-4-5-18/h6-9,16,18,20H,3-5,10-15H2,1-2H3,(H,24,27)(H,25,28)/t16-,20+,23+/m0/s1. The third kappa shape index (κ3) is 4.58. The minimum Gasteiger partial charge on any atom is -0.362 e. The molecule has 1 aliphatic carbocycles. The van der Waals surface area contributed by atoms with E-state index in [0.29, 0.717) is 19.0 Å². The predicted octanol–water partition coefficient (Wildman–Crippen LogP) is 3.57. The highest BCUT2D eigenvalue weighted by molar-refractivity contribution is 5.89. The Kier molecular flexibility index (Phi) is 5.81. The Morgan fingerprint density at radius 3 is 2.59 bits per heavy atom. The summed E-state index contributed by atoms with van der Waals surface area (Å²) in [6, 6.07) is 7.94. The van der Waals surface area contributed by atoms with Crippen LogP contribution >= 0.6 is 0 Å². The van der Waals surface area contributed by atoms with Crippen molar-refractivity contribution in [2.45, 2.75) is 64.1 Å². The van der Waals surface area contributed by atoms with Crippen molar-refractivity contribution >= 4 is 17.6 Å². The van der Waals surface area contributed by atoms with Crippen LogP contribution in [-0.4, -0.2) is 48.2 Å². The van der Waals surface area contributed by atoms with Gasteiger partial charge in [0.2, 0.25) is 5.91 Å². The lowest BCUT2D eigenvalue weighted by Crippen LogP contribution is -2.54. The molecule has 0 unspecified atom stereocenters. The lowest BCUT2D eigenvalue weighted by molar-refractivity contribution is -0.146. The van der Waals surface area contributed by atoms with Crippen LogP contribution in [0.3, 0.4) is 0 Å². The van der Waals surface area contributed by atoms with Gasteiger partial charge in [0.05, 0.1) is 5.60 Å². The highest BCUT2D eigenvalue weighted by atomic mass is 16.5. The zero-order valence-electron chi connectivity index (χ0n) is 17.6. The summed E-state index contributed by atoms with van der Waals surface area (Å²) >= 11 is 0. The molecule has 3 fully saturated rings. The van der Waals surface area contributed by atoms with E-state index in [-0.39, 0.29) is 29.6 Å². The first kappa shape index (κ1) is 20.2. The zero-order chi connectivity index (χ0) is 20.4. The molecule has 6 nitrogen and oxygen atoms in total. The van der Waals surface area contributed by atoms with Crippen LogP contribution in [-0.2, 0) is 16.0 Å². The Bertz CT molecular complexity index is 746. The number of nitrogens with one attached hydrogen (secondary N) is 2. The van der Waals surface area contributed by atoms with Crippen LogP contribution in [0.1, 0.15) is 51.5 Å². The fraction of sp³-hybridized carbons (Fsp3) is 0.652. The van der Waals surface area contributed by atoms with Gasteiger partial charge in [0.15, 0.2) is 0 Å². The highest BCUT2D eigenvalue weighted by Crippen LogP contribution is 2.42. The first-order valence-electron chi connectivity index (χ1n) is 11.1. The highest BCUT2D eigenvalue weighted by Gasteiger charge is 2.49. The van der Waals surface area contributed by atoms with Crippen LogP contribution in [0.15, 0.2) is 24.3 Å². The summed E-state index contributed by atoms with van der Waals surface area (Å²) in [5.74, 6) is 0.913. The smallest absolute Gasteiger partial charge is 0.321 e. The van der Waals surface area contributed by atoms with Gasteiger partial charge in [-0.25, -0.2) is 4.79 Å². The molecule has 1 saturated carbocycles. The minimum absolute atomic E-state index is 0.0386. The molecule has 6 heteroatoms. The molecule has 3 aliphatic rings. The largest absolute Gasteiger partial charge is 0.362 e. The summed E-state index contributed by atoms with van der Waals surface area (Å²) in [5.41, 5.74) is 1.80. The van der Waals surface area contributed by atoms with Crippen molar-refractivity contribution in [1.82, 2.24) is 10.2 Å². The SMILES string of the molecule is CCc1ccc(NC(=O)N2CC[C@]3(CC[C@H](C(=O)NCC4CC4)O3)[C@@H](C)C2)cc1. The average Bonchev–Trinajstić information content (AvgIpc) is 3.47. The molecular formula is C23H33N3O3. The summed E-state index contributed by atoms with van der Waals surface area (Å²) in [6.45, 7) is 6.34. The second-order valence-electron chi connectivity index (χ2n) is 8.98. The van der Waals surface area contributed by atoms with Crippen LogP contribution in [0.25, 0.3) is 0 Å². The fourth-order valence-corrected chi connectivity index (χ4v) is 4.56. The summed E-state index contributed by atoms with van der Waals surface area (Å²) in [5, 5.41) is 6.05. The molecule has 158 valence electrons. The Morgan fingerprint density at radius 2 is 1.93 bits per heavy atom. The minimum atomic E-state index is -0.339. The first-order chi connectivity index (χ1) is 14.0. The van der Waals surface area contributed by atoms with E-state index in [1.807, 2.05) is 29.2 Å². The summed E-state index contributed by atoms with van der Waals surface area (Å²) < 4.78 is 6.32. The molecule has 1 aromatic rings. The number of ether oxygens (including phenoxy) is 1. The van der Waals surface area contributed by atoms with Gasteiger partial charge in [-0.3, -0.25) is 4.79 Å². The molecule has 29 heavy (non-hydrogen) atoms. The van der Waals surface area contributed by atoms with Crippen molar-refractivity contribution in [2.24, 2.45) is 11.8 Å². The van der Waals surface area contributed by atoms with Gasteiger partial charge in [0, 0.05) is 31.2 Å². The number of piperidine rings is 1. The number of aryl methyl sites for hydroxylation is 1. The van der Waals surface area contributed by atoms with Gasteiger partial charge in [0.25, 0.3) is 0 Å². The van der Waals surface area contributed by atoms with Gasteiger partial charge in [-0.1, -0.05) is 26.0 Å². The number of hydrogen-bond donors (Lipinski definition) is 2. The third-order valence-electron chi connectivity index (χ3n) is 6.86. The summed E-state index contributed by atoms with van der Waals surface area (Å²) in [6.07, 6.45) is 5.55. The van der Waals surface area contributed by atoms with Crippen molar-refractivity contribution in [3.63, 3.8) is 0 Å². The van der Waals surface area contributed by atoms with E-state index in [0.717, 1.165) is 37.9 Å². The topological polar surface area (TPSA) is 70.7 Å². The molecule has 3 atom stereocenters. The van der Waals surface area contributed by atoms with Crippen LogP contribution in [0.5, 0.6) is 0 Å². The number of carbonyl (C=O) groups is 2. The normalized spacial score (nSPS) is 29.1. The lowest BCUT2D eigenvalue weighted by atomic mass is 9.80. The number of carbonyl (C=O) groups excluding carboxylic acids is 2. The Balaban J connectivity index is 1.29. The van der Waals surface area contributed by atoms with Gasteiger partial charge in [-0.15, -0.1) is 0 Å². The van der Waals surface area contributed by atoms with E-state index >= 15 is 0 Å². The molecule has 4 rings (SSSR count). The van der Waals surface area contributed by atoms with Gasteiger partial charge in [-0.2, -0.15) is 0 Å². The van der Waals surface area contributed by atoms with Crippen molar-refractivity contribution < 1.29 is 14.3 Å². The number of nitrogens with zero attached hydrogens (tertiary/aromatic N) is 1. The number of urea groups is 1. The predicted molar refractivity (Wildman–Crippen MR) is 113 cm³/mol. The molecule has 2 saturated heterocycles. The molecule has 0 bridgehead atoms. The van der Waals surface area contributed by atoms with Crippen LogP contribution < -0.4 is 10.6 Å². The molecule has 1 aromatic carbocycles. The number of benzene rings is 1. The van der Waals surface area contributed by atoms with E-state index in [9.17, 15) is 9.59 Å². The average molecular weight is 400 g/mol. The van der Waals surface area contributed by atoms with Gasteiger partial charge >= 0.3 is 6.03 Å². The summed E-state index contributed by atoms with van der Waals surface area (Å²) in [7, 11) is 0. The van der Waals surface area contributed by atoms with Gasteiger partial charge in [-0.05, 0) is 62.1 Å². The molecule has 0 aromatic heterocycles. The summed E-state index contributed by atoms with van der Waals surface area (Å²) in [4.78, 5) is 27.0. The number of likely N-dealkylation sites (tertiary alicyclic amines) is 1. The maximum Gasteiger partial charge on any atom is 0.321 e.